The Labute approximate surface area is 78.7 Å². The van der Waals surface area contributed by atoms with E-state index in [-0.39, 0.29) is 12.3 Å². The van der Waals surface area contributed by atoms with Gasteiger partial charge >= 0.3 is 6.18 Å². The Hall–Kier alpha value is -1.30. The summed E-state index contributed by atoms with van der Waals surface area (Å²) in [6.45, 7) is 0.101. The molecule has 0 saturated carbocycles. The number of hydrogen-bond acceptors (Lipinski definition) is 3. The van der Waals surface area contributed by atoms with Crippen molar-refractivity contribution in [1.29, 1.82) is 0 Å². The van der Waals surface area contributed by atoms with Gasteiger partial charge in [0.25, 0.3) is 0 Å². The predicted molar refractivity (Wildman–Crippen MR) is 44.4 cm³/mol. The fourth-order valence-electron chi connectivity index (χ4n) is 0.922. The van der Waals surface area contributed by atoms with E-state index in [1.54, 1.807) is 0 Å². The van der Waals surface area contributed by atoms with Crippen molar-refractivity contribution < 1.29 is 17.9 Å². The van der Waals surface area contributed by atoms with Crippen molar-refractivity contribution in [3.05, 3.63) is 23.5 Å². The Morgan fingerprint density at radius 2 is 2.14 bits per heavy atom. The predicted octanol–water partition coefficient (Wildman–Crippen LogP) is 1.83. The van der Waals surface area contributed by atoms with Crippen molar-refractivity contribution >= 4 is 5.69 Å². The zero-order valence-electron chi connectivity index (χ0n) is 7.43. The van der Waals surface area contributed by atoms with Crippen LogP contribution < -0.4 is 5.73 Å². The first-order valence-corrected chi connectivity index (χ1v) is 3.75. The smallest absolute Gasteiger partial charge is 0.397 e. The molecule has 0 saturated heterocycles. The maximum atomic E-state index is 12.2. The van der Waals surface area contributed by atoms with Crippen molar-refractivity contribution in [2.75, 3.05) is 12.8 Å². The average Bonchev–Trinajstić information content (AvgIpc) is 2.07. The van der Waals surface area contributed by atoms with Crippen LogP contribution in [0.4, 0.5) is 18.9 Å². The fraction of sp³-hybridized carbons (Fsp3) is 0.375. The molecular formula is C8H9F3N2O. The number of methoxy groups -OCH3 is 1. The molecule has 0 spiro atoms. The van der Waals surface area contributed by atoms with E-state index < -0.39 is 11.7 Å². The fourth-order valence-corrected chi connectivity index (χ4v) is 0.922. The summed E-state index contributed by atoms with van der Waals surface area (Å²) in [6.07, 6.45) is -3.67. The Morgan fingerprint density at radius 3 is 2.57 bits per heavy atom. The number of alkyl halides is 3. The normalized spacial score (nSPS) is 11.7. The molecule has 2 N–H and O–H groups in total. The van der Waals surface area contributed by atoms with Crippen LogP contribution in [0.3, 0.4) is 0 Å². The molecule has 1 aromatic heterocycles. The summed E-state index contributed by atoms with van der Waals surface area (Å²) in [5, 5.41) is 0. The van der Waals surface area contributed by atoms with Gasteiger partial charge in [0.1, 0.15) is 0 Å². The molecule has 3 nitrogen and oxygen atoms in total. The Morgan fingerprint density at radius 1 is 1.50 bits per heavy atom. The number of rotatable bonds is 2. The van der Waals surface area contributed by atoms with Gasteiger partial charge in [0, 0.05) is 13.3 Å². The summed E-state index contributed by atoms with van der Waals surface area (Å²) in [7, 11) is 1.42. The van der Waals surface area contributed by atoms with Crippen LogP contribution >= 0.6 is 0 Å². The molecule has 0 atom stereocenters. The third-order valence-corrected chi connectivity index (χ3v) is 1.61. The highest BCUT2D eigenvalue weighted by Crippen LogP contribution is 2.30. The number of anilines is 1. The molecule has 1 aromatic rings. The number of ether oxygens (including phenoxy) is 1. The van der Waals surface area contributed by atoms with Crippen LogP contribution in [0.25, 0.3) is 0 Å². The summed E-state index contributed by atoms with van der Waals surface area (Å²) >= 11 is 0. The molecular weight excluding hydrogens is 197 g/mol. The van der Waals surface area contributed by atoms with Gasteiger partial charge in [-0.1, -0.05) is 0 Å². The first-order chi connectivity index (χ1) is 6.45. The molecule has 0 amide bonds. The van der Waals surface area contributed by atoms with Gasteiger partial charge in [-0.25, -0.2) is 0 Å². The molecule has 0 unspecified atom stereocenters. The lowest BCUT2D eigenvalue weighted by Crippen LogP contribution is -2.08. The van der Waals surface area contributed by atoms with Gasteiger partial charge in [-0.3, -0.25) is 4.98 Å². The number of nitrogens with two attached hydrogens (primary N) is 1. The zero-order chi connectivity index (χ0) is 10.8. The lowest BCUT2D eigenvalue weighted by atomic mass is 10.2. The van der Waals surface area contributed by atoms with Crippen molar-refractivity contribution in [3.63, 3.8) is 0 Å². The molecule has 0 aliphatic rings. The van der Waals surface area contributed by atoms with E-state index in [1.807, 2.05) is 0 Å². The van der Waals surface area contributed by atoms with Gasteiger partial charge in [0.05, 0.1) is 23.6 Å². The van der Waals surface area contributed by atoms with Crippen LogP contribution in [0.15, 0.2) is 12.3 Å². The van der Waals surface area contributed by atoms with Crippen LogP contribution in [0, 0.1) is 0 Å². The second kappa shape index (κ2) is 3.83. The highest BCUT2D eigenvalue weighted by Gasteiger charge is 2.31. The molecule has 6 heteroatoms. The number of nitrogens with zero attached hydrogens (tertiary/aromatic N) is 1. The van der Waals surface area contributed by atoms with Crippen molar-refractivity contribution in [3.8, 4) is 0 Å². The monoisotopic (exact) mass is 206 g/mol. The lowest BCUT2D eigenvalue weighted by molar-refractivity contribution is -0.137. The van der Waals surface area contributed by atoms with Crippen LogP contribution in [0.2, 0.25) is 0 Å². The quantitative estimate of drug-likeness (QED) is 0.802. The number of pyridine rings is 1. The highest BCUT2D eigenvalue weighted by molar-refractivity contribution is 5.45. The third kappa shape index (κ3) is 2.35. The molecule has 1 rings (SSSR count). The van der Waals surface area contributed by atoms with Gasteiger partial charge in [0.15, 0.2) is 0 Å². The maximum Gasteiger partial charge on any atom is 0.417 e. The van der Waals surface area contributed by atoms with Gasteiger partial charge < -0.3 is 10.5 Å². The van der Waals surface area contributed by atoms with Crippen LogP contribution in [-0.2, 0) is 17.5 Å². The molecule has 78 valence electrons. The molecule has 0 radical (unpaired) electrons. The molecule has 0 fully saturated rings. The van der Waals surface area contributed by atoms with Gasteiger partial charge in [-0.2, -0.15) is 13.2 Å². The Bertz CT molecular complexity index is 325. The topological polar surface area (TPSA) is 48.1 Å². The van der Waals surface area contributed by atoms with Gasteiger partial charge in [-0.15, -0.1) is 0 Å². The van der Waals surface area contributed by atoms with Gasteiger partial charge in [-0.05, 0) is 6.07 Å². The van der Waals surface area contributed by atoms with E-state index >= 15 is 0 Å². The first-order valence-electron chi connectivity index (χ1n) is 3.75. The van der Waals surface area contributed by atoms with Crippen molar-refractivity contribution in [2.45, 2.75) is 12.8 Å². The average molecular weight is 206 g/mol. The summed E-state index contributed by atoms with van der Waals surface area (Å²) in [6, 6.07) is 0.849. The van der Waals surface area contributed by atoms with E-state index in [9.17, 15) is 13.2 Å². The SMILES string of the molecule is COCc1ncc(C(F)(F)F)cc1N. The molecule has 0 aliphatic carbocycles. The van der Waals surface area contributed by atoms with Crippen LogP contribution in [0.1, 0.15) is 11.3 Å². The first kappa shape index (κ1) is 10.8. The molecule has 0 aliphatic heterocycles. The second-order valence-electron chi connectivity index (χ2n) is 2.69. The van der Waals surface area contributed by atoms with Crippen LogP contribution in [-0.4, -0.2) is 12.1 Å². The van der Waals surface area contributed by atoms with E-state index in [0.29, 0.717) is 5.69 Å². The minimum absolute atomic E-state index is 0.0123. The molecule has 0 bridgehead atoms. The third-order valence-electron chi connectivity index (χ3n) is 1.61. The number of hydrogen-bond donors (Lipinski definition) is 1. The molecule has 14 heavy (non-hydrogen) atoms. The van der Waals surface area contributed by atoms with Gasteiger partial charge in [0.2, 0.25) is 0 Å². The maximum absolute atomic E-state index is 12.2. The molecule has 1 heterocycles. The van der Waals surface area contributed by atoms with Crippen molar-refractivity contribution in [2.24, 2.45) is 0 Å². The summed E-state index contributed by atoms with van der Waals surface area (Å²) in [5.74, 6) is 0. The second-order valence-corrected chi connectivity index (χ2v) is 2.69. The highest BCUT2D eigenvalue weighted by atomic mass is 19.4. The molecule has 0 aromatic carbocycles. The largest absolute Gasteiger partial charge is 0.417 e. The number of aromatic nitrogens is 1. The summed E-state index contributed by atoms with van der Waals surface area (Å²) in [5.41, 5.74) is 4.80. The minimum Gasteiger partial charge on any atom is -0.397 e. The summed E-state index contributed by atoms with van der Waals surface area (Å²) < 4.78 is 41.2. The van der Waals surface area contributed by atoms with E-state index in [0.717, 1.165) is 12.3 Å². The minimum atomic E-state index is -4.41. The van der Waals surface area contributed by atoms with Crippen LogP contribution in [0.5, 0.6) is 0 Å². The number of nitrogen functional groups attached to an aromatic ring is 1. The van der Waals surface area contributed by atoms with E-state index in [4.69, 9.17) is 10.5 Å². The van der Waals surface area contributed by atoms with Crippen molar-refractivity contribution in [1.82, 2.24) is 4.98 Å². The zero-order valence-corrected chi connectivity index (χ0v) is 7.43. The summed E-state index contributed by atoms with van der Waals surface area (Å²) in [4.78, 5) is 3.56. The lowest BCUT2D eigenvalue weighted by Gasteiger charge is -2.09. The Kier molecular flexibility index (Phi) is 2.95. The standard InChI is InChI=1S/C8H9F3N2O/c1-14-4-7-6(12)2-5(3-13-7)8(9,10)11/h2-3H,4,12H2,1H3. The Balaban J connectivity index is 3.01. The van der Waals surface area contributed by atoms with E-state index in [2.05, 4.69) is 4.98 Å². The number of halogens is 3. The van der Waals surface area contributed by atoms with E-state index in [1.165, 1.54) is 7.11 Å².